The third-order valence-electron chi connectivity index (χ3n) is 6.34. The highest BCUT2D eigenvalue weighted by Crippen LogP contribution is 2.42. The van der Waals surface area contributed by atoms with Gasteiger partial charge in [0.05, 0.1) is 0 Å². The van der Waals surface area contributed by atoms with Gasteiger partial charge in [0.2, 0.25) is 0 Å². The fourth-order valence-corrected chi connectivity index (χ4v) is 4.66. The van der Waals surface area contributed by atoms with Crippen molar-refractivity contribution in [1.29, 1.82) is 0 Å². The summed E-state index contributed by atoms with van der Waals surface area (Å²) in [6.45, 7) is 0. The SMILES string of the molecule is O=C(O)/C=C\C(=O)O.Oc1cccc([C@@H]2CC3=C(CCCC3)C(CC3CCC3)N2)c1. The van der Waals surface area contributed by atoms with Crippen LogP contribution in [0.1, 0.15) is 69.4 Å². The summed E-state index contributed by atoms with van der Waals surface area (Å²) in [4.78, 5) is 19.1. The second-order valence-electron chi connectivity index (χ2n) is 8.45. The average molecular weight is 414 g/mol. The Morgan fingerprint density at radius 2 is 1.73 bits per heavy atom. The van der Waals surface area contributed by atoms with Gasteiger partial charge in [-0.25, -0.2) is 9.59 Å². The molecule has 0 saturated heterocycles. The van der Waals surface area contributed by atoms with Gasteiger partial charge in [-0.2, -0.15) is 0 Å². The maximum absolute atomic E-state index is 9.79. The number of aliphatic carboxylic acids is 2. The predicted octanol–water partition coefficient (Wildman–Crippen LogP) is 4.57. The van der Waals surface area contributed by atoms with E-state index in [1.165, 1.54) is 56.9 Å². The van der Waals surface area contributed by atoms with E-state index >= 15 is 0 Å². The number of phenolic OH excluding ortho intramolecular Hbond substituents is 1. The Balaban J connectivity index is 0.000000275. The summed E-state index contributed by atoms with van der Waals surface area (Å²) >= 11 is 0. The normalized spacial score (nSPS) is 23.9. The first-order valence-corrected chi connectivity index (χ1v) is 10.8. The number of carboxylic acid groups (broad SMARTS) is 2. The number of aromatic hydroxyl groups is 1. The Hall–Kier alpha value is -2.60. The minimum atomic E-state index is -1.26. The Kier molecular flexibility index (Phi) is 7.69. The zero-order chi connectivity index (χ0) is 21.5. The maximum Gasteiger partial charge on any atom is 0.328 e. The van der Waals surface area contributed by atoms with E-state index in [0.29, 0.717) is 30.0 Å². The summed E-state index contributed by atoms with van der Waals surface area (Å²) in [5.41, 5.74) is 4.72. The zero-order valence-electron chi connectivity index (χ0n) is 17.2. The Morgan fingerprint density at radius 1 is 1.03 bits per heavy atom. The number of hydrogen-bond donors (Lipinski definition) is 4. The average Bonchev–Trinajstić information content (AvgIpc) is 2.69. The van der Waals surface area contributed by atoms with Crippen molar-refractivity contribution in [2.45, 2.75) is 69.9 Å². The van der Waals surface area contributed by atoms with E-state index in [4.69, 9.17) is 10.2 Å². The van der Waals surface area contributed by atoms with Crippen LogP contribution in [0, 0.1) is 5.92 Å². The van der Waals surface area contributed by atoms with Crippen LogP contribution in [-0.4, -0.2) is 33.3 Å². The lowest BCUT2D eigenvalue weighted by Gasteiger charge is -2.41. The van der Waals surface area contributed by atoms with Crippen LogP contribution < -0.4 is 5.32 Å². The van der Waals surface area contributed by atoms with E-state index in [2.05, 4.69) is 11.4 Å². The summed E-state index contributed by atoms with van der Waals surface area (Å²) in [7, 11) is 0. The molecule has 1 aliphatic heterocycles. The fourth-order valence-electron chi connectivity index (χ4n) is 4.66. The molecule has 0 spiro atoms. The number of hydrogen-bond acceptors (Lipinski definition) is 4. The minimum Gasteiger partial charge on any atom is -0.508 e. The van der Waals surface area contributed by atoms with Gasteiger partial charge in [-0.05, 0) is 62.1 Å². The number of nitrogens with one attached hydrogen (secondary N) is 1. The highest BCUT2D eigenvalue weighted by Gasteiger charge is 2.33. The first-order chi connectivity index (χ1) is 14.4. The number of phenols is 1. The number of carbonyl (C=O) groups is 2. The Bertz CT molecular complexity index is 809. The van der Waals surface area contributed by atoms with Gasteiger partial charge in [-0.1, -0.05) is 42.5 Å². The molecule has 162 valence electrons. The first kappa shape index (κ1) is 22.1. The van der Waals surface area contributed by atoms with Crippen molar-refractivity contribution < 1.29 is 24.9 Å². The van der Waals surface area contributed by atoms with Crippen molar-refractivity contribution >= 4 is 11.9 Å². The lowest BCUT2D eigenvalue weighted by Crippen LogP contribution is -2.41. The van der Waals surface area contributed by atoms with E-state index in [-0.39, 0.29) is 0 Å². The first-order valence-electron chi connectivity index (χ1n) is 10.8. The molecule has 0 aromatic heterocycles. The molecule has 0 radical (unpaired) electrons. The van der Waals surface area contributed by atoms with E-state index < -0.39 is 11.9 Å². The molecule has 1 saturated carbocycles. The Morgan fingerprint density at radius 3 is 2.33 bits per heavy atom. The van der Waals surface area contributed by atoms with Gasteiger partial charge >= 0.3 is 11.9 Å². The lowest BCUT2D eigenvalue weighted by molar-refractivity contribution is -0.134. The molecule has 0 bridgehead atoms. The maximum atomic E-state index is 9.79. The quantitative estimate of drug-likeness (QED) is 0.416. The van der Waals surface area contributed by atoms with Crippen LogP contribution in [0.2, 0.25) is 0 Å². The van der Waals surface area contributed by atoms with Crippen LogP contribution in [-0.2, 0) is 9.59 Å². The summed E-state index contributed by atoms with van der Waals surface area (Å²) < 4.78 is 0. The van der Waals surface area contributed by atoms with Crippen molar-refractivity contribution in [1.82, 2.24) is 5.32 Å². The van der Waals surface area contributed by atoms with Crippen LogP contribution >= 0.6 is 0 Å². The van der Waals surface area contributed by atoms with Gasteiger partial charge in [0.15, 0.2) is 0 Å². The summed E-state index contributed by atoms with van der Waals surface area (Å²) in [5, 5.41) is 29.3. The molecule has 4 rings (SSSR count). The molecule has 1 heterocycles. The Labute approximate surface area is 177 Å². The molecule has 30 heavy (non-hydrogen) atoms. The number of rotatable bonds is 5. The molecule has 1 aromatic rings. The molecule has 1 unspecified atom stereocenters. The molecular formula is C24H31NO5. The van der Waals surface area contributed by atoms with Gasteiger partial charge in [0, 0.05) is 24.2 Å². The fraction of sp³-hybridized carbons (Fsp3) is 0.500. The topological polar surface area (TPSA) is 107 Å². The second kappa shape index (κ2) is 10.4. The van der Waals surface area contributed by atoms with Gasteiger partial charge in [0.25, 0.3) is 0 Å². The van der Waals surface area contributed by atoms with Crippen LogP contribution in [0.15, 0.2) is 47.6 Å². The number of carboxylic acids is 2. The van der Waals surface area contributed by atoms with Crippen LogP contribution in [0.25, 0.3) is 0 Å². The molecular weight excluding hydrogens is 382 g/mol. The van der Waals surface area contributed by atoms with Crippen molar-refractivity contribution in [3.05, 3.63) is 53.1 Å². The largest absolute Gasteiger partial charge is 0.508 e. The molecule has 4 N–H and O–H groups in total. The highest BCUT2D eigenvalue weighted by atomic mass is 16.4. The van der Waals surface area contributed by atoms with E-state index in [0.717, 1.165) is 12.3 Å². The summed E-state index contributed by atoms with van der Waals surface area (Å²) in [6.07, 6.45) is 13.2. The zero-order valence-corrected chi connectivity index (χ0v) is 17.2. The van der Waals surface area contributed by atoms with Crippen LogP contribution in [0.3, 0.4) is 0 Å². The summed E-state index contributed by atoms with van der Waals surface area (Å²) in [5.74, 6) is -1.19. The minimum absolute atomic E-state index is 0.383. The molecule has 1 aromatic carbocycles. The number of benzene rings is 1. The van der Waals surface area contributed by atoms with Crippen molar-refractivity contribution in [2.24, 2.45) is 5.92 Å². The predicted molar refractivity (Wildman–Crippen MR) is 114 cm³/mol. The van der Waals surface area contributed by atoms with Crippen molar-refractivity contribution in [3.8, 4) is 5.75 Å². The highest BCUT2D eigenvalue weighted by molar-refractivity contribution is 5.89. The van der Waals surface area contributed by atoms with Crippen molar-refractivity contribution in [3.63, 3.8) is 0 Å². The third kappa shape index (κ3) is 6.20. The molecule has 6 heteroatoms. The smallest absolute Gasteiger partial charge is 0.328 e. The monoisotopic (exact) mass is 413 g/mol. The second-order valence-corrected chi connectivity index (χ2v) is 8.45. The van der Waals surface area contributed by atoms with Gasteiger partial charge < -0.3 is 20.6 Å². The standard InChI is InChI=1S/C20H27NO.C4H4O4/c22-17-9-4-8-16(12-17)19-13-15-7-1-2-10-18(15)20(21-19)11-14-5-3-6-14;5-3(6)1-2-4(7)8/h4,8-9,12,14,19-22H,1-3,5-7,10-11,13H2;1-2H,(H,5,6)(H,7,8)/b;2-1-/t19-,20?;/m0./s1. The lowest BCUT2D eigenvalue weighted by atomic mass is 9.74. The van der Waals surface area contributed by atoms with E-state index in [1.807, 2.05) is 12.1 Å². The van der Waals surface area contributed by atoms with Crippen molar-refractivity contribution in [2.75, 3.05) is 0 Å². The molecule has 3 aliphatic rings. The van der Waals surface area contributed by atoms with E-state index in [1.54, 1.807) is 17.2 Å². The molecule has 2 atom stereocenters. The molecule has 2 aliphatic carbocycles. The van der Waals surface area contributed by atoms with E-state index in [9.17, 15) is 14.7 Å². The third-order valence-corrected chi connectivity index (χ3v) is 6.34. The molecule has 0 amide bonds. The molecule has 6 nitrogen and oxygen atoms in total. The summed E-state index contributed by atoms with van der Waals surface area (Å²) in [6, 6.07) is 8.80. The van der Waals surface area contributed by atoms with Crippen LogP contribution in [0.4, 0.5) is 0 Å². The van der Waals surface area contributed by atoms with Crippen LogP contribution in [0.5, 0.6) is 5.75 Å². The molecule has 1 fully saturated rings. The van der Waals surface area contributed by atoms with Gasteiger partial charge in [-0.15, -0.1) is 0 Å². The van der Waals surface area contributed by atoms with Gasteiger partial charge in [0.1, 0.15) is 5.75 Å². The van der Waals surface area contributed by atoms with Gasteiger partial charge in [-0.3, -0.25) is 0 Å².